The van der Waals surface area contributed by atoms with Crippen LogP contribution in [0.15, 0.2) is 24.4 Å². The Hall–Kier alpha value is -2.11. The first-order valence-electron chi connectivity index (χ1n) is 7.23. The van der Waals surface area contributed by atoms with E-state index >= 15 is 0 Å². The highest BCUT2D eigenvalue weighted by Crippen LogP contribution is 2.35. The van der Waals surface area contributed by atoms with Gasteiger partial charge in [-0.3, -0.25) is 9.78 Å². The molecule has 0 bridgehead atoms. The molecule has 2 rings (SSSR count). The number of hydrogen-bond donors (Lipinski definition) is 2. The van der Waals surface area contributed by atoms with Crippen molar-refractivity contribution in [2.24, 2.45) is 5.41 Å². The smallest absolute Gasteiger partial charge is 0.317 e. The zero-order valence-electron chi connectivity index (χ0n) is 12.2. The number of pyridine rings is 1. The van der Waals surface area contributed by atoms with Crippen LogP contribution < -0.4 is 5.32 Å². The average molecular weight is 291 g/mol. The lowest BCUT2D eigenvalue weighted by molar-refractivity contribution is -0.148. The maximum atomic E-state index is 12.1. The Morgan fingerprint density at radius 3 is 2.90 bits per heavy atom. The Bertz CT molecular complexity index is 506. The first-order valence-corrected chi connectivity index (χ1v) is 7.23. The molecule has 6 nitrogen and oxygen atoms in total. The lowest BCUT2D eigenvalue weighted by atomic mass is 9.83. The van der Waals surface area contributed by atoms with E-state index in [4.69, 9.17) is 0 Å². The van der Waals surface area contributed by atoms with Crippen LogP contribution in [0.4, 0.5) is 4.79 Å². The summed E-state index contributed by atoms with van der Waals surface area (Å²) in [7, 11) is 0. The van der Waals surface area contributed by atoms with Crippen LogP contribution in [0.1, 0.15) is 31.9 Å². The Balaban J connectivity index is 1.91. The second-order valence-corrected chi connectivity index (χ2v) is 5.49. The van der Waals surface area contributed by atoms with Gasteiger partial charge in [0.2, 0.25) is 0 Å². The molecule has 0 saturated carbocycles. The Kier molecular flexibility index (Phi) is 4.77. The van der Waals surface area contributed by atoms with E-state index in [0.717, 1.165) is 12.1 Å². The molecule has 6 heteroatoms. The molecule has 21 heavy (non-hydrogen) atoms. The fraction of sp³-hybridized carbons (Fsp3) is 0.533. The van der Waals surface area contributed by atoms with E-state index in [1.165, 1.54) is 0 Å². The summed E-state index contributed by atoms with van der Waals surface area (Å²) in [4.78, 5) is 29.3. The second-order valence-electron chi connectivity index (χ2n) is 5.49. The van der Waals surface area contributed by atoms with Gasteiger partial charge in [0.05, 0.1) is 17.7 Å². The standard InChI is InChI=1S/C15H21N3O3/c1-2-6-15(13(19)20)7-9-18(11-15)14(21)17-10-12-5-3-4-8-16-12/h3-5,8H,2,6-7,9-11H2,1H3,(H,17,21)(H,19,20). The second kappa shape index (κ2) is 6.56. The topological polar surface area (TPSA) is 82.5 Å². The number of carbonyl (C=O) groups is 2. The number of nitrogens with zero attached hydrogens (tertiary/aromatic N) is 2. The summed E-state index contributed by atoms with van der Waals surface area (Å²) in [6.45, 7) is 3.09. The van der Waals surface area contributed by atoms with Crippen LogP contribution in [0.5, 0.6) is 0 Å². The number of carboxylic acids is 1. The van der Waals surface area contributed by atoms with Crippen LogP contribution in [-0.2, 0) is 11.3 Å². The lowest BCUT2D eigenvalue weighted by Crippen LogP contribution is -2.41. The molecule has 1 aromatic rings. The van der Waals surface area contributed by atoms with Gasteiger partial charge in [-0.2, -0.15) is 0 Å². The third-order valence-corrected chi connectivity index (χ3v) is 3.97. The molecule has 114 valence electrons. The first-order chi connectivity index (χ1) is 10.1. The van der Waals surface area contributed by atoms with Gasteiger partial charge in [0.15, 0.2) is 0 Å². The minimum Gasteiger partial charge on any atom is -0.481 e. The van der Waals surface area contributed by atoms with E-state index in [-0.39, 0.29) is 12.6 Å². The van der Waals surface area contributed by atoms with Crippen molar-refractivity contribution in [1.29, 1.82) is 0 Å². The normalized spacial score (nSPS) is 21.3. The summed E-state index contributed by atoms with van der Waals surface area (Å²) in [5.41, 5.74) is -0.0000168. The van der Waals surface area contributed by atoms with Gasteiger partial charge >= 0.3 is 12.0 Å². The highest BCUT2D eigenvalue weighted by atomic mass is 16.4. The number of amides is 2. The van der Waals surface area contributed by atoms with Crippen molar-refractivity contribution in [2.45, 2.75) is 32.7 Å². The number of likely N-dealkylation sites (tertiary alicyclic amines) is 1. The number of rotatable bonds is 5. The van der Waals surface area contributed by atoms with Gasteiger partial charge in [0.1, 0.15) is 0 Å². The van der Waals surface area contributed by atoms with E-state index in [1.807, 2.05) is 25.1 Å². The fourth-order valence-corrected chi connectivity index (χ4v) is 2.79. The summed E-state index contributed by atoms with van der Waals surface area (Å²) in [6, 6.07) is 5.29. The Labute approximate surface area is 124 Å². The van der Waals surface area contributed by atoms with Gasteiger partial charge in [0, 0.05) is 19.3 Å². The summed E-state index contributed by atoms with van der Waals surface area (Å²) < 4.78 is 0. The molecule has 1 saturated heterocycles. The van der Waals surface area contributed by atoms with Gasteiger partial charge in [-0.1, -0.05) is 19.4 Å². The van der Waals surface area contributed by atoms with Crippen molar-refractivity contribution >= 4 is 12.0 Å². The quantitative estimate of drug-likeness (QED) is 0.867. The SMILES string of the molecule is CCCC1(C(=O)O)CCN(C(=O)NCc2ccccn2)C1. The largest absolute Gasteiger partial charge is 0.481 e. The minimum atomic E-state index is -0.802. The zero-order valence-corrected chi connectivity index (χ0v) is 12.2. The minimum absolute atomic E-state index is 0.222. The van der Waals surface area contributed by atoms with Crippen LogP contribution in [0.2, 0.25) is 0 Å². The number of nitrogens with one attached hydrogen (secondary N) is 1. The molecule has 0 aromatic carbocycles. The van der Waals surface area contributed by atoms with Crippen LogP contribution >= 0.6 is 0 Å². The van der Waals surface area contributed by atoms with Gasteiger partial charge in [0.25, 0.3) is 0 Å². The van der Waals surface area contributed by atoms with Crippen molar-refractivity contribution in [1.82, 2.24) is 15.2 Å². The predicted molar refractivity (Wildman–Crippen MR) is 77.6 cm³/mol. The lowest BCUT2D eigenvalue weighted by Gasteiger charge is -2.24. The molecule has 0 radical (unpaired) electrons. The van der Waals surface area contributed by atoms with Crippen LogP contribution in [0, 0.1) is 5.41 Å². The molecular formula is C15H21N3O3. The van der Waals surface area contributed by atoms with Crippen molar-refractivity contribution < 1.29 is 14.7 Å². The van der Waals surface area contributed by atoms with Crippen molar-refractivity contribution in [3.05, 3.63) is 30.1 Å². The molecule has 0 spiro atoms. The van der Waals surface area contributed by atoms with Gasteiger partial charge < -0.3 is 15.3 Å². The molecule has 2 amide bonds. The molecule has 1 aromatic heterocycles. The average Bonchev–Trinajstić information content (AvgIpc) is 2.92. The Morgan fingerprint density at radius 2 is 2.29 bits per heavy atom. The van der Waals surface area contributed by atoms with E-state index in [0.29, 0.717) is 25.9 Å². The molecule has 1 fully saturated rings. The van der Waals surface area contributed by atoms with E-state index in [1.54, 1.807) is 11.1 Å². The molecule has 2 heterocycles. The van der Waals surface area contributed by atoms with Gasteiger partial charge in [-0.05, 0) is 25.0 Å². The maximum Gasteiger partial charge on any atom is 0.317 e. The highest BCUT2D eigenvalue weighted by molar-refractivity contribution is 5.79. The molecule has 1 aliphatic rings. The molecular weight excluding hydrogens is 270 g/mol. The molecule has 1 aliphatic heterocycles. The summed E-state index contributed by atoms with van der Waals surface area (Å²) >= 11 is 0. The zero-order chi connectivity index (χ0) is 15.3. The number of urea groups is 1. The third-order valence-electron chi connectivity index (χ3n) is 3.97. The molecule has 0 aliphatic carbocycles. The summed E-state index contributed by atoms with van der Waals surface area (Å²) in [6.07, 6.45) is 3.60. The molecule has 2 N–H and O–H groups in total. The van der Waals surface area contributed by atoms with Crippen LogP contribution in [0.3, 0.4) is 0 Å². The van der Waals surface area contributed by atoms with Gasteiger partial charge in [-0.25, -0.2) is 4.79 Å². The molecule has 1 atom stereocenters. The van der Waals surface area contributed by atoms with E-state index < -0.39 is 11.4 Å². The summed E-state index contributed by atoms with van der Waals surface area (Å²) in [5, 5.41) is 12.2. The fourth-order valence-electron chi connectivity index (χ4n) is 2.79. The molecule has 1 unspecified atom stereocenters. The Morgan fingerprint density at radius 1 is 1.48 bits per heavy atom. The first kappa shape index (κ1) is 15.3. The highest BCUT2D eigenvalue weighted by Gasteiger charge is 2.45. The predicted octanol–water partition coefficient (Wildman–Crippen LogP) is 1.87. The number of aliphatic carboxylic acids is 1. The summed E-state index contributed by atoms with van der Waals surface area (Å²) in [5.74, 6) is -0.802. The van der Waals surface area contributed by atoms with Gasteiger partial charge in [-0.15, -0.1) is 0 Å². The van der Waals surface area contributed by atoms with E-state index in [9.17, 15) is 14.7 Å². The number of carbonyl (C=O) groups excluding carboxylic acids is 1. The van der Waals surface area contributed by atoms with Crippen molar-refractivity contribution in [3.63, 3.8) is 0 Å². The number of hydrogen-bond acceptors (Lipinski definition) is 3. The maximum absolute atomic E-state index is 12.1. The third kappa shape index (κ3) is 3.51. The monoisotopic (exact) mass is 291 g/mol. The van der Waals surface area contributed by atoms with Crippen molar-refractivity contribution in [3.8, 4) is 0 Å². The van der Waals surface area contributed by atoms with Crippen LogP contribution in [0.25, 0.3) is 0 Å². The van der Waals surface area contributed by atoms with Crippen molar-refractivity contribution in [2.75, 3.05) is 13.1 Å². The van der Waals surface area contributed by atoms with E-state index in [2.05, 4.69) is 10.3 Å². The number of aromatic nitrogens is 1. The van der Waals surface area contributed by atoms with Crippen LogP contribution in [-0.4, -0.2) is 40.1 Å². The number of carboxylic acid groups (broad SMARTS) is 1.